The summed E-state index contributed by atoms with van der Waals surface area (Å²) in [7, 11) is 8.30. The molecule has 0 amide bonds. The number of nitrogens with one attached hydrogen (secondary N) is 1. The van der Waals surface area contributed by atoms with Gasteiger partial charge in [-0.3, -0.25) is 4.99 Å². The summed E-state index contributed by atoms with van der Waals surface area (Å²) < 4.78 is 45.0. The fourth-order valence-corrected chi connectivity index (χ4v) is 2.91. The van der Waals surface area contributed by atoms with Gasteiger partial charge in [-0.15, -0.1) is 0 Å². The Labute approximate surface area is 175 Å². The van der Waals surface area contributed by atoms with Gasteiger partial charge in [0.05, 0.1) is 21.3 Å². The largest absolute Gasteiger partial charge is 0.496 e. The van der Waals surface area contributed by atoms with Crippen molar-refractivity contribution in [1.29, 1.82) is 0 Å². The first-order valence-corrected chi connectivity index (χ1v) is 9.16. The fourth-order valence-electron chi connectivity index (χ4n) is 2.91. The highest BCUT2D eigenvalue weighted by atomic mass is 19.3. The number of aliphatic imine (C=N–C) groups is 1. The zero-order valence-corrected chi connectivity index (χ0v) is 17.7. The molecule has 0 unspecified atom stereocenters. The minimum Gasteiger partial charge on any atom is -0.496 e. The van der Waals surface area contributed by atoms with Crippen LogP contribution in [0.25, 0.3) is 0 Å². The highest BCUT2D eigenvalue weighted by Gasteiger charge is 2.14. The summed E-state index contributed by atoms with van der Waals surface area (Å²) in [4.78, 5) is 6.21. The summed E-state index contributed by atoms with van der Waals surface area (Å²) in [5, 5.41) is 3.28. The van der Waals surface area contributed by atoms with Crippen LogP contribution < -0.4 is 24.3 Å². The molecule has 2 rings (SSSR count). The van der Waals surface area contributed by atoms with E-state index in [1.54, 1.807) is 46.6 Å². The number of halogens is 2. The third kappa shape index (κ3) is 6.13. The number of guanidine groups is 1. The third-order valence-corrected chi connectivity index (χ3v) is 4.37. The minimum absolute atomic E-state index is 0.124. The van der Waals surface area contributed by atoms with Gasteiger partial charge in [-0.2, -0.15) is 8.78 Å². The van der Waals surface area contributed by atoms with Gasteiger partial charge in [-0.25, -0.2) is 0 Å². The van der Waals surface area contributed by atoms with Crippen molar-refractivity contribution < 1.29 is 27.7 Å². The lowest BCUT2D eigenvalue weighted by molar-refractivity contribution is -0.0498. The number of nitrogens with zero attached hydrogens (tertiary/aromatic N) is 2. The van der Waals surface area contributed by atoms with Crippen LogP contribution in [-0.4, -0.2) is 52.9 Å². The van der Waals surface area contributed by atoms with E-state index in [-0.39, 0.29) is 5.75 Å². The minimum atomic E-state index is -2.84. The van der Waals surface area contributed by atoms with Gasteiger partial charge in [0.15, 0.2) is 17.5 Å². The Kier molecular flexibility index (Phi) is 8.52. The van der Waals surface area contributed by atoms with Gasteiger partial charge in [0.25, 0.3) is 0 Å². The van der Waals surface area contributed by atoms with E-state index in [1.165, 1.54) is 12.1 Å². The summed E-state index contributed by atoms with van der Waals surface area (Å²) in [5.74, 6) is 2.62. The normalized spacial score (nSPS) is 11.3. The number of alkyl halides is 2. The van der Waals surface area contributed by atoms with Crippen molar-refractivity contribution in [2.24, 2.45) is 4.99 Å². The second kappa shape index (κ2) is 11.1. The topological polar surface area (TPSA) is 64.6 Å². The number of hydrogen-bond donors (Lipinski definition) is 1. The van der Waals surface area contributed by atoms with E-state index in [0.29, 0.717) is 36.3 Å². The summed E-state index contributed by atoms with van der Waals surface area (Å²) in [6.45, 7) is -1.87. The molecule has 0 heterocycles. The van der Waals surface area contributed by atoms with Crippen molar-refractivity contribution in [3.8, 4) is 23.0 Å². The van der Waals surface area contributed by atoms with Gasteiger partial charge < -0.3 is 29.2 Å². The molecule has 9 heteroatoms. The Hall–Kier alpha value is -3.23. The second-order valence-electron chi connectivity index (χ2n) is 6.30. The van der Waals surface area contributed by atoms with Crippen LogP contribution in [0.1, 0.15) is 11.1 Å². The molecule has 7 nitrogen and oxygen atoms in total. The Morgan fingerprint density at radius 1 is 1.00 bits per heavy atom. The molecule has 0 radical (unpaired) electrons. The SMILES string of the molecule is CN=C(NCc1cc(OC)c(OC)cc1OC)N(C)Cc1ccc(OC(F)F)cc1. The molecular formula is C21H27F2N3O4. The van der Waals surface area contributed by atoms with Crippen LogP contribution >= 0.6 is 0 Å². The zero-order valence-electron chi connectivity index (χ0n) is 17.7. The zero-order chi connectivity index (χ0) is 22.1. The number of rotatable bonds is 9. The maximum atomic E-state index is 12.3. The summed E-state index contributed by atoms with van der Waals surface area (Å²) in [6, 6.07) is 10.1. The molecule has 2 aromatic carbocycles. The van der Waals surface area contributed by atoms with Gasteiger partial charge in [0.2, 0.25) is 0 Å². The van der Waals surface area contributed by atoms with Crippen LogP contribution in [0, 0.1) is 0 Å². The maximum absolute atomic E-state index is 12.3. The lowest BCUT2D eigenvalue weighted by Gasteiger charge is -2.23. The van der Waals surface area contributed by atoms with Crippen LogP contribution in [0.3, 0.4) is 0 Å². The summed E-state index contributed by atoms with van der Waals surface area (Å²) in [6.07, 6.45) is 0. The van der Waals surface area contributed by atoms with Gasteiger partial charge in [0.1, 0.15) is 11.5 Å². The van der Waals surface area contributed by atoms with E-state index in [9.17, 15) is 8.78 Å². The van der Waals surface area contributed by atoms with E-state index in [1.807, 2.05) is 18.0 Å². The smallest absolute Gasteiger partial charge is 0.387 e. The molecule has 1 N–H and O–H groups in total. The summed E-state index contributed by atoms with van der Waals surface area (Å²) in [5.41, 5.74) is 1.80. The van der Waals surface area contributed by atoms with E-state index in [2.05, 4.69) is 15.0 Å². The van der Waals surface area contributed by atoms with Crippen molar-refractivity contribution in [2.45, 2.75) is 19.7 Å². The van der Waals surface area contributed by atoms with Crippen molar-refractivity contribution in [3.63, 3.8) is 0 Å². The molecule has 0 atom stereocenters. The van der Waals surface area contributed by atoms with E-state index >= 15 is 0 Å². The molecular weight excluding hydrogens is 396 g/mol. The number of methoxy groups -OCH3 is 3. The average molecular weight is 423 g/mol. The predicted molar refractivity (Wildman–Crippen MR) is 111 cm³/mol. The first-order valence-electron chi connectivity index (χ1n) is 9.16. The summed E-state index contributed by atoms with van der Waals surface area (Å²) >= 11 is 0. The molecule has 0 bridgehead atoms. The Bertz CT molecular complexity index is 845. The molecule has 2 aromatic rings. The van der Waals surface area contributed by atoms with Gasteiger partial charge in [0, 0.05) is 38.8 Å². The van der Waals surface area contributed by atoms with Crippen molar-refractivity contribution in [3.05, 3.63) is 47.5 Å². The van der Waals surface area contributed by atoms with Crippen molar-refractivity contribution >= 4 is 5.96 Å². The third-order valence-electron chi connectivity index (χ3n) is 4.37. The molecule has 0 saturated heterocycles. The lowest BCUT2D eigenvalue weighted by Crippen LogP contribution is -2.38. The average Bonchev–Trinajstić information content (AvgIpc) is 2.74. The van der Waals surface area contributed by atoms with Crippen LogP contribution in [0.2, 0.25) is 0 Å². The van der Waals surface area contributed by atoms with Crippen LogP contribution in [-0.2, 0) is 13.1 Å². The number of ether oxygens (including phenoxy) is 4. The highest BCUT2D eigenvalue weighted by molar-refractivity contribution is 5.79. The van der Waals surface area contributed by atoms with Crippen LogP contribution in [0.4, 0.5) is 8.78 Å². The lowest BCUT2D eigenvalue weighted by atomic mass is 10.1. The standard InChI is InChI=1S/C21H27F2N3O4/c1-24-21(26(2)13-14-6-8-16(9-7-14)30-20(22)23)25-12-15-10-18(28-4)19(29-5)11-17(15)27-3/h6-11,20H,12-13H2,1-5H3,(H,24,25). The van der Waals surface area contributed by atoms with Gasteiger partial charge >= 0.3 is 6.61 Å². The fraction of sp³-hybridized carbons (Fsp3) is 0.381. The second-order valence-corrected chi connectivity index (χ2v) is 6.30. The molecule has 0 aliphatic rings. The van der Waals surface area contributed by atoms with Crippen molar-refractivity contribution in [1.82, 2.24) is 10.2 Å². The first-order chi connectivity index (χ1) is 14.4. The number of benzene rings is 2. The van der Waals surface area contributed by atoms with E-state index in [0.717, 1.165) is 11.1 Å². The Balaban J connectivity index is 2.05. The Morgan fingerprint density at radius 2 is 1.60 bits per heavy atom. The molecule has 30 heavy (non-hydrogen) atoms. The van der Waals surface area contributed by atoms with Gasteiger partial charge in [-0.05, 0) is 23.8 Å². The maximum Gasteiger partial charge on any atom is 0.387 e. The van der Waals surface area contributed by atoms with Crippen molar-refractivity contribution in [2.75, 3.05) is 35.4 Å². The highest BCUT2D eigenvalue weighted by Crippen LogP contribution is 2.34. The molecule has 0 fully saturated rings. The quantitative estimate of drug-likeness (QED) is 0.492. The first kappa shape index (κ1) is 23.1. The van der Waals surface area contributed by atoms with E-state index < -0.39 is 6.61 Å². The monoisotopic (exact) mass is 423 g/mol. The number of hydrogen-bond acceptors (Lipinski definition) is 5. The molecule has 0 aromatic heterocycles. The predicted octanol–water partition coefficient (Wildman–Crippen LogP) is 3.52. The molecule has 0 saturated carbocycles. The van der Waals surface area contributed by atoms with Gasteiger partial charge in [-0.1, -0.05) is 12.1 Å². The van der Waals surface area contributed by atoms with Crippen LogP contribution in [0.15, 0.2) is 41.4 Å². The Morgan fingerprint density at radius 3 is 2.13 bits per heavy atom. The molecule has 0 aliphatic carbocycles. The molecule has 164 valence electrons. The van der Waals surface area contributed by atoms with Crippen LogP contribution in [0.5, 0.6) is 23.0 Å². The molecule has 0 spiro atoms. The molecule has 0 aliphatic heterocycles. The van der Waals surface area contributed by atoms with E-state index in [4.69, 9.17) is 14.2 Å².